The Morgan fingerprint density at radius 3 is 2.67 bits per heavy atom. The number of aryl methyl sites for hydroxylation is 1. The number of anilines is 1. The molecule has 1 saturated heterocycles. The highest BCUT2D eigenvalue weighted by molar-refractivity contribution is 6.01. The fraction of sp³-hybridized carbons (Fsp3) is 0.467. The highest BCUT2D eigenvalue weighted by Gasteiger charge is 2.26. The normalized spacial score (nSPS) is 19.4. The Morgan fingerprint density at radius 1 is 1.33 bits per heavy atom. The first kappa shape index (κ1) is 15.3. The van der Waals surface area contributed by atoms with Crippen molar-refractivity contribution in [2.24, 2.45) is 0 Å². The van der Waals surface area contributed by atoms with E-state index in [4.69, 9.17) is 0 Å². The first-order chi connectivity index (χ1) is 9.90. The van der Waals surface area contributed by atoms with Crippen LogP contribution in [0.3, 0.4) is 0 Å². The van der Waals surface area contributed by atoms with Crippen molar-refractivity contribution in [3.05, 3.63) is 29.3 Å². The monoisotopic (exact) mass is 291 g/mol. The molecule has 1 atom stereocenters. The molecule has 1 aliphatic heterocycles. The van der Waals surface area contributed by atoms with Crippen LogP contribution in [-0.4, -0.2) is 59.6 Å². The van der Waals surface area contributed by atoms with Gasteiger partial charge >= 0.3 is 12.0 Å². The molecule has 1 fully saturated rings. The van der Waals surface area contributed by atoms with E-state index in [-0.39, 0.29) is 17.6 Å². The zero-order valence-corrected chi connectivity index (χ0v) is 12.6. The van der Waals surface area contributed by atoms with Crippen LogP contribution in [-0.2, 0) is 0 Å². The molecule has 2 N–H and O–H groups in total. The Labute approximate surface area is 124 Å². The van der Waals surface area contributed by atoms with E-state index < -0.39 is 5.97 Å². The number of piperazine rings is 1. The van der Waals surface area contributed by atoms with Crippen LogP contribution in [0.5, 0.6) is 0 Å². The molecule has 1 aromatic carbocycles. The number of urea groups is 1. The first-order valence-electron chi connectivity index (χ1n) is 6.99. The van der Waals surface area contributed by atoms with Crippen molar-refractivity contribution in [3.63, 3.8) is 0 Å². The van der Waals surface area contributed by atoms with Crippen LogP contribution in [0, 0.1) is 6.92 Å². The quantitative estimate of drug-likeness (QED) is 0.872. The van der Waals surface area contributed by atoms with E-state index in [9.17, 15) is 14.7 Å². The predicted octanol–water partition coefficient (Wildman–Crippen LogP) is 1.86. The molecule has 0 aromatic heterocycles. The Kier molecular flexibility index (Phi) is 4.47. The summed E-state index contributed by atoms with van der Waals surface area (Å²) >= 11 is 0. The van der Waals surface area contributed by atoms with Gasteiger partial charge in [0.15, 0.2) is 0 Å². The highest BCUT2D eigenvalue weighted by Crippen LogP contribution is 2.20. The van der Waals surface area contributed by atoms with Crippen molar-refractivity contribution in [1.29, 1.82) is 0 Å². The maximum absolute atomic E-state index is 12.4. The second-order valence-corrected chi connectivity index (χ2v) is 5.54. The van der Waals surface area contributed by atoms with Gasteiger partial charge in [0.2, 0.25) is 0 Å². The number of likely N-dealkylation sites (N-methyl/N-ethyl adjacent to an activating group) is 1. The number of nitrogens with zero attached hydrogens (tertiary/aromatic N) is 2. The second kappa shape index (κ2) is 6.13. The van der Waals surface area contributed by atoms with E-state index in [0.29, 0.717) is 17.8 Å². The summed E-state index contributed by atoms with van der Waals surface area (Å²) in [4.78, 5) is 27.6. The lowest BCUT2D eigenvalue weighted by Crippen LogP contribution is -2.54. The third kappa shape index (κ3) is 3.33. The molecule has 21 heavy (non-hydrogen) atoms. The summed E-state index contributed by atoms with van der Waals surface area (Å²) in [6, 6.07) is 4.93. The van der Waals surface area contributed by atoms with Gasteiger partial charge in [-0.25, -0.2) is 9.59 Å². The summed E-state index contributed by atoms with van der Waals surface area (Å²) in [5.74, 6) is -1.03. The maximum Gasteiger partial charge on any atom is 0.338 e. The van der Waals surface area contributed by atoms with Crippen LogP contribution in [0.25, 0.3) is 0 Å². The van der Waals surface area contributed by atoms with E-state index in [2.05, 4.69) is 10.2 Å². The number of carboxylic acid groups (broad SMARTS) is 1. The van der Waals surface area contributed by atoms with Gasteiger partial charge in [-0.3, -0.25) is 0 Å². The number of hydrogen-bond acceptors (Lipinski definition) is 3. The Balaban J connectivity index is 2.17. The van der Waals surface area contributed by atoms with E-state index in [1.165, 1.54) is 0 Å². The Hall–Kier alpha value is -2.08. The number of carbonyl (C=O) groups is 2. The molecule has 2 rings (SSSR count). The first-order valence-corrected chi connectivity index (χ1v) is 6.99. The van der Waals surface area contributed by atoms with Crippen LogP contribution in [0.15, 0.2) is 18.2 Å². The highest BCUT2D eigenvalue weighted by atomic mass is 16.4. The third-order valence-corrected chi connectivity index (χ3v) is 3.82. The summed E-state index contributed by atoms with van der Waals surface area (Å²) in [6.45, 7) is 5.98. The summed E-state index contributed by atoms with van der Waals surface area (Å²) in [5.41, 5.74) is 1.12. The van der Waals surface area contributed by atoms with Crippen LogP contribution in [0.1, 0.15) is 22.8 Å². The summed E-state index contributed by atoms with van der Waals surface area (Å²) < 4.78 is 0. The lowest BCUT2D eigenvalue weighted by molar-refractivity contribution is 0.0697. The molecular weight excluding hydrogens is 270 g/mol. The average molecular weight is 291 g/mol. The predicted molar refractivity (Wildman–Crippen MR) is 80.8 cm³/mol. The minimum atomic E-state index is -1.03. The lowest BCUT2D eigenvalue weighted by atomic mass is 10.1. The molecule has 0 spiro atoms. The molecule has 0 bridgehead atoms. The molecule has 0 saturated carbocycles. The van der Waals surface area contributed by atoms with Gasteiger partial charge in [0.05, 0.1) is 11.3 Å². The van der Waals surface area contributed by atoms with E-state index >= 15 is 0 Å². The van der Waals surface area contributed by atoms with Crippen LogP contribution in [0.2, 0.25) is 0 Å². The SMILES string of the molecule is Cc1cccc(NC(=O)N2CCN(C)CC2C)c1C(=O)O. The average Bonchev–Trinajstić information content (AvgIpc) is 2.37. The van der Waals surface area contributed by atoms with Gasteiger partial charge in [-0.15, -0.1) is 0 Å². The van der Waals surface area contributed by atoms with Gasteiger partial charge < -0.3 is 20.2 Å². The second-order valence-electron chi connectivity index (χ2n) is 5.54. The number of nitrogens with one attached hydrogen (secondary N) is 1. The Bertz CT molecular complexity index is 559. The largest absolute Gasteiger partial charge is 0.478 e. The summed E-state index contributed by atoms with van der Waals surface area (Å²) in [6.07, 6.45) is 0. The van der Waals surface area contributed by atoms with Gasteiger partial charge in [-0.05, 0) is 32.5 Å². The minimum Gasteiger partial charge on any atom is -0.478 e. The van der Waals surface area contributed by atoms with E-state index in [0.717, 1.165) is 13.1 Å². The van der Waals surface area contributed by atoms with Crippen LogP contribution >= 0.6 is 0 Å². The van der Waals surface area contributed by atoms with Crippen molar-refractivity contribution in [2.75, 3.05) is 32.0 Å². The van der Waals surface area contributed by atoms with Crippen molar-refractivity contribution in [1.82, 2.24) is 9.80 Å². The third-order valence-electron chi connectivity index (χ3n) is 3.82. The summed E-state index contributed by atoms with van der Waals surface area (Å²) in [5, 5.41) is 12.0. The van der Waals surface area contributed by atoms with E-state index in [1.807, 2.05) is 14.0 Å². The van der Waals surface area contributed by atoms with E-state index in [1.54, 1.807) is 30.0 Å². The van der Waals surface area contributed by atoms with Crippen molar-refractivity contribution in [3.8, 4) is 0 Å². The number of amides is 2. The van der Waals surface area contributed by atoms with Crippen molar-refractivity contribution >= 4 is 17.7 Å². The van der Waals surface area contributed by atoms with Crippen LogP contribution < -0.4 is 5.32 Å². The molecule has 6 nitrogen and oxygen atoms in total. The standard InChI is InChI=1S/C15H21N3O3/c1-10-5-4-6-12(13(10)14(19)20)16-15(21)18-8-7-17(3)9-11(18)2/h4-6,11H,7-9H2,1-3H3,(H,16,21)(H,19,20). The smallest absolute Gasteiger partial charge is 0.338 e. The van der Waals surface area contributed by atoms with Gasteiger partial charge in [0.25, 0.3) is 0 Å². The van der Waals surface area contributed by atoms with Crippen molar-refractivity contribution < 1.29 is 14.7 Å². The number of rotatable bonds is 2. The van der Waals surface area contributed by atoms with Crippen LogP contribution in [0.4, 0.5) is 10.5 Å². The molecule has 1 unspecified atom stereocenters. The summed E-state index contributed by atoms with van der Waals surface area (Å²) in [7, 11) is 2.02. The molecule has 1 aliphatic rings. The molecule has 1 aromatic rings. The van der Waals surface area contributed by atoms with Gasteiger partial charge in [-0.1, -0.05) is 12.1 Å². The fourth-order valence-corrected chi connectivity index (χ4v) is 2.68. The molecule has 1 heterocycles. The number of carboxylic acids is 1. The molecular formula is C15H21N3O3. The lowest BCUT2D eigenvalue weighted by Gasteiger charge is -2.38. The minimum absolute atomic E-state index is 0.0989. The molecule has 0 aliphatic carbocycles. The van der Waals surface area contributed by atoms with Crippen molar-refractivity contribution in [2.45, 2.75) is 19.9 Å². The number of aromatic carboxylic acids is 1. The molecule has 6 heteroatoms. The zero-order chi connectivity index (χ0) is 15.6. The molecule has 114 valence electrons. The molecule has 0 radical (unpaired) electrons. The zero-order valence-electron chi connectivity index (χ0n) is 12.6. The van der Waals surface area contributed by atoms with Gasteiger partial charge in [-0.2, -0.15) is 0 Å². The number of hydrogen-bond donors (Lipinski definition) is 2. The number of carbonyl (C=O) groups excluding carboxylic acids is 1. The maximum atomic E-state index is 12.4. The Morgan fingerprint density at radius 2 is 2.05 bits per heavy atom. The fourth-order valence-electron chi connectivity index (χ4n) is 2.68. The topological polar surface area (TPSA) is 72.9 Å². The molecule has 2 amide bonds. The van der Waals surface area contributed by atoms with Gasteiger partial charge in [0.1, 0.15) is 0 Å². The van der Waals surface area contributed by atoms with Gasteiger partial charge in [0, 0.05) is 25.7 Å². The number of benzene rings is 1.